The van der Waals surface area contributed by atoms with Crippen LogP contribution in [0.3, 0.4) is 0 Å². The third kappa shape index (κ3) is 2.65. The lowest BCUT2D eigenvalue weighted by Gasteiger charge is -2.07. The number of thioether (sulfide) groups is 1. The number of ether oxygens (including phenoxy) is 2. The predicted octanol–water partition coefficient (Wildman–Crippen LogP) is 2.14. The molecule has 1 unspecified atom stereocenters. The first kappa shape index (κ1) is 13.9. The highest BCUT2D eigenvalue weighted by molar-refractivity contribution is 7.99. The van der Waals surface area contributed by atoms with Gasteiger partial charge in [0.25, 0.3) is 0 Å². The average molecular weight is 335 g/mol. The van der Waals surface area contributed by atoms with Crippen LogP contribution in [0.15, 0.2) is 23.6 Å². The molecule has 1 saturated heterocycles. The van der Waals surface area contributed by atoms with Gasteiger partial charge < -0.3 is 14.8 Å². The van der Waals surface area contributed by atoms with Gasteiger partial charge in [-0.05, 0) is 18.2 Å². The zero-order chi connectivity index (χ0) is 14.9. The molecule has 1 aromatic carbocycles. The van der Waals surface area contributed by atoms with E-state index in [0.717, 1.165) is 34.4 Å². The van der Waals surface area contributed by atoms with E-state index in [1.165, 1.54) is 11.3 Å². The minimum atomic E-state index is -0.136. The summed E-state index contributed by atoms with van der Waals surface area (Å²) in [5.41, 5.74) is 1.75. The lowest BCUT2D eigenvalue weighted by molar-refractivity contribution is -0.117. The summed E-state index contributed by atoms with van der Waals surface area (Å²) in [7, 11) is 0. The van der Waals surface area contributed by atoms with Gasteiger partial charge in [0.2, 0.25) is 12.7 Å². The van der Waals surface area contributed by atoms with Crippen LogP contribution in [0.25, 0.3) is 11.3 Å². The van der Waals surface area contributed by atoms with Crippen molar-refractivity contribution < 1.29 is 14.3 Å². The summed E-state index contributed by atoms with van der Waals surface area (Å²) in [5, 5.41) is 8.53. The number of amides is 1. The van der Waals surface area contributed by atoms with Crippen molar-refractivity contribution in [1.29, 1.82) is 0 Å². The summed E-state index contributed by atoms with van der Waals surface area (Å²) in [6.45, 7) is 0.254. The maximum Gasteiger partial charge on any atom is 0.244 e. The zero-order valence-corrected chi connectivity index (χ0v) is 13.1. The van der Waals surface area contributed by atoms with E-state index < -0.39 is 0 Å². The molecule has 3 heterocycles. The SMILES string of the molecule is O=C(Nc1nc(-c2ccc3c(c2)OCO3)cs1)C1CSCN1. The van der Waals surface area contributed by atoms with Gasteiger partial charge in [-0.1, -0.05) is 0 Å². The lowest BCUT2D eigenvalue weighted by Crippen LogP contribution is -2.37. The molecule has 2 N–H and O–H groups in total. The third-order valence-electron chi connectivity index (χ3n) is 3.44. The van der Waals surface area contributed by atoms with Crippen LogP contribution in [0.1, 0.15) is 0 Å². The Labute approximate surface area is 135 Å². The monoisotopic (exact) mass is 335 g/mol. The Kier molecular flexibility index (Phi) is 3.65. The minimum Gasteiger partial charge on any atom is -0.454 e. The molecule has 8 heteroatoms. The fourth-order valence-corrected chi connectivity index (χ4v) is 3.94. The van der Waals surface area contributed by atoms with Crippen molar-refractivity contribution in [2.75, 3.05) is 23.7 Å². The first-order valence-electron chi connectivity index (χ1n) is 6.77. The van der Waals surface area contributed by atoms with E-state index in [1.54, 1.807) is 11.8 Å². The van der Waals surface area contributed by atoms with Crippen molar-refractivity contribution >= 4 is 34.1 Å². The van der Waals surface area contributed by atoms with E-state index in [4.69, 9.17) is 9.47 Å². The Morgan fingerprint density at radius 3 is 3.14 bits per heavy atom. The summed E-state index contributed by atoms with van der Waals surface area (Å²) in [5.74, 6) is 3.06. The number of nitrogens with one attached hydrogen (secondary N) is 2. The first-order chi connectivity index (χ1) is 10.8. The van der Waals surface area contributed by atoms with Crippen LogP contribution in [0.2, 0.25) is 0 Å². The Bertz CT molecular complexity index is 713. The molecule has 0 spiro atoms. The van der Waals surface area contributed by atoms with Gasteiger partial charge in [0.1, 0.15) is 0 Å². The molecule has 2 aromatic rings. The van der Waals surface area contributed by atoms with Crippen LogP contribution < -0.4 is 20.1 Å². The second-order valence-electron chi connectivity index (χ2n) is 4.87. The van der Waals surface area contributed by atoms with E-state index >= 15 is 0 Å². The number of aromatic nitrogens is 1. The summed E-state index contributed by atoms with van der Waals surface area (Å²) in [6.07, 6.45) is 0. The molecule has 2 aliphatic heterocycles. The Balaban J connectivity index is 1.50. The molecule has 2 aliphatic rings. The predicted molar refractivity (Wildman–Crippen MR) is 86.6 cm³/mol. The molecule has 1 amide bonds. The summed E-state index contributed by atoms with van der Waals surface area (Å²) >= 11 is 3.13. The van der Waals surface area contributed by atoms with Crippen LogP contribution in [-0.4, -0.2) is 35.4 Å². The molecule has 4 rings (SSSR count). The Morgan fingerprint density at radius 2 is 2.27 bits per heavy atom. The number of rotatable bonds is 3. The maximum atomic E-state index is 12.1. The maximum absolute atomic E-state index is 12.1. The number of carbonyl (C=O) groups excluding carboxylic acids is 1. The molecule has 1 atom stereocenters. The topological polar surface area (TPSA) is 72.5 Å². The molecular weight excluding hydrogens is 322 g/mol. The van der Waals surface area contributed by atoms with Crippen molar-refractivity contribution in [3.8, 4) is 22.8 Å². The number of benzene rings is 1. The van der Waals surface area contributed by atoms with E-state index in [0.29, 0.717) is 5.13 Å². The van der Waals surface area contributed by atoms with E-state index in [9.17, 15) is 4.79 Å². The van der Waals surface area contributed by atoms with E-state index in [1.807, 2.05) is 23.6 Å². The zero-order valence-electron chi connectivity index (χ0n) is 11.5. The van der Waals surface area contributed by atoms with Gasteiger partial charge in [-0.3, -0.25) is 10.1 Å². The molecule has 0 radical (unpaired) electrons. The summed E-state index contributed by atoms with van der Waals surface area (Å²) in [6, 6.07) is 5.57. The largest absolute Gasteiger partial charge is 0.454 e. The van der Waals surface area contributed by atoms with Gasteiger partial charge in [0.15, 0.2) is 16.6 Å². The average Bonchev–Trinajstić information content (AvgIpc) is 3.27. The Hall–Kier alpha value is -1.77. The molecule has 0 bridgehead atoms. The second-order valence-corrected chi connectivity index (χ2v) is 6.76. The van der Waals surface area contributed by atoms with Crippen molar-refractivity contribution in [2.24, 2.45) is 0 Å². The number of carbonyl (C=O) groups is 1. The molecule has 0 aliphatic carbocycles. The fraction of sp³-hybridized carbons (Fsp3) is 0.286. The standard InChI is InChI=1S/C14H13N3O3S2/c18-13(10-4-21-6-15-10)17-14-16-9(5-22-14)8-1-2-11-12(3-8)20-7-19-11/h1-3,5,10,15H,4,6-7H2,(H,16,17,18). The van der Waals surface area contributed by atoms with Gasteiger partial charge >= 0.3 is 0 Å². The lowest BCUT2D eigenvalue weighted by atomic mass is 10.1. The van der Waals surface area contributed by atoms with Crippen molar-refractivity contribution in [2.45, 2.75) is 6.04 Å². The fourth-order valence-electron chi connectivity index (χ4n) is 2.28. The molecule has 0 saturated carbocycles. The van der Waals surface area contributed by atoms with Gasteiger partial charge in [-0.2, -0.15) is 0 Å². The first-order valence-corrected chi connectivity index (χ1v) is 8.80. The van der Waals surface area contributed by atoms with Crippen LogP contribution in [0, 0.1) is 0 Å². The number of anilines is 1. The third-order valence-corrected chi connectivity index (χ3v) is 5.13. The van der Waals surface area contributed by atoms with Gasteiger partial charge in [-0.15, -0.1) is 23.1 Å². The Morgan fingerprint density at radius 1 is 1.36 bits per heavy atom. The van der Waals surface area contributed by atoms with Crippen LogP contribution in [0.4, 0.5) is 5.13 Å². The highest BCUT2D eigenvalue weighted by Crippen LogP contribution is 2.36. The molecule has 6 nitrogen and oxygen atoms in total. The number of fused-ring (bicyclic) bond motifs is 1. The number of hydrogen-bond acceptors (Lipinski definition) is 7. The summed E-state index contributed by atoms with van der Waals surface area (Å²) in [4.78, 5) is 16.5. The summed E-state index contributed by atoms with van der Waals surface area (Å²) < 4.78 is 10.7. The molecule has 114 valence electrons. The smallest absolute Gasteiger partial charge is 0.244 e. The van der Waals surface area contributed by atoms with Crippen molar-refractivity contribution in [3.63, 3.8) is 0 Å². The molecule has 1 aromatic heterocycles. The van der Waals surface area contributed by atoms with E-state index in [-0.39, 0.29) is 18.7 Å². The number of nitrogens with zero attached hydrogens (tertiary/aromatic N) is 1. The van der Waals surface area contributed by atoms with Crippen molar-refractivity contribution in [1.82, 2.24) is 10.3 Å². The van der Waals surface area contributed by atoms with Crippen molar-refractivity contribution in [3.05, 3.63) is 23.6 Å². The molecule has 22 heavy (non-hydrogen) atoms. The quantitative estimate of drug-likeness (QED) is 0.895. The highest BCUT2D eigenvalue weighted by atomic mass is 32.2. The van der Waals surface area contributed by atoms with Gasteiger partial charge in [0, 0.05) is 22.6 Å². The van der Waals surface area contributed by atoms with Crippen LogP contribution in [-0.2, 0) is 4.79 Å². The van der Waals surface area contributed by atoms with Gasteiger partial charge in [-0.25, -0.2) is 4.98 Å². The second kappa shape index (κ2) is 5.79. The number of thiazole rings is 1. The molecule has 1 fully saturated rings. The minimum absolute atomic E-state index is 0.0309. The van der Waals surface area contributed by atoms with Crippen LogP contribution >= 0.6 is 23.1 Å². The van der Waals surface area contributed by atoms with Crippen LogP contribution in [0.5, 0.6) is 11.5 Å². The normalized spacial score (nSPS) is 19.4. The van der Waals surface area contributed by atoms with Gasteiger partial charge in [0.05, 0.1) is 11.7 Å². The number of hydrogen-bond donors (Lipinski definition) is 2. The molecular formula is C14H13N3O3S2. The van der Waals surface area contributed by atoms with E-state index in [2.05, 4.69) is 15.6 Å². The highest BCUT2D eigenvalue weighted by Gasteiger charge is 2.23.